The number of nitrogens with zero attached hydrogens (tertiary/aromatic N) is 5. The summed E-state index contributed by atoms with van der Waals surface area (Å²) in [4.78, 5) is 34.1. The van der Waals surface area contributed by atoms with Gasteiger partial charge in [0, 0.05) is 33.4 Å². The minimum Gasteiger partial charge on any atom is -0.370 e. The molecule has 0 saturated carbocycles. The first kappa shape index (κ1) is 17.7. The van der Waals surface area contributed by atoms with E-state index in [0.717, 1.165) is 43.6 Å². The Bertz CT molecular complexity index is 906. The van der Waals surface area contributed by atoms with Crippen molar-refractivity contribution in [2.24, 2.45) is 14.1 Å². The van der Waals surface area contributed by atoms with Crippen LogP contribution >= 0.6 is 0 Å². The summed E-state index contributed by atoms with van der Waals surface area (Å²) in [7, 11) is 7.40. The monoisotopic (exact) mass is 345 g/mol. The Morgan fingerprint density at radius 3 is 2.40 bits per heavy atom. The van der Waals surface area contributed by atoms with Gasteiger partial charge in [0.05, 0.1) is 5.69 Å². The van der Waals surface area contributed by atoms with E-state index < -0.39 is 0 Å². The molecule has 0 atom stereocenters. The van der Waals surface area contributed by atoms with Gasteiger partial charge in [-0.25, -0.2) is 9.78 Å². The molecule has 2 aromatic rings. The van der Waals surface area contributed by atoms with E-state index in [2.05, 4.69) is 35.8 Å². The highest BCUT2D eigenvalue weighted by Crippen LogP contribution is 2.30. The Morgan fingerprint density at radius 2 is 1.80 bits per heavy atom. The van der Waals surface area contributed by atoms with Crippen LogP contribution in [-0.4, -0.2) is 52.2 Å². The molecule has 0 unspecified atom stereocenters. The molecule has 0 radical (unpaired) electrons. The van der Waals surface area contributed by atoms with Crippen molar-refractivity contribution in [1.29, 1.82) is 0 Å². The number of hydrogen-bond donors (Lipinski definition) is 0. The van der Waals surface area contributed by atoms with Crippen molar-refractivity contribution < 1.29 is 0 Å². The quantitative estimate of drug-likeness (QED) is 0.820. The molecule has 0 bridgehead atoms. The molecular formula is C18H27N5O2. The largest absolute Gasteiger partial charge is 0.370 e. The number of aryl methyl sites for hydroxylation is 2. The maximum Gasteiger partial charge on any atom is 0.332 e. The van der Waals surface area contributed by atoms with Crippen LogP contribution in [0.5, 0.6) is 0 Å². The van der Waals surface area contributed by atoms with Gasteiger partial charge in [-0.1, -0.05) is 6.92 Å². The molecule has 7 heteroatoms. The Hall–Kier alpha value is -2.15. The van der Waals surface area contributed by atoms with Gasteiger partial charge in [-0.2, -0.15) is 0 Å². The van der Waals surface area contributed by atoms with E-state index in [1.54, 1.807) is 7.05 Å². The molecule has 1 aliphatic rings. The van der Waals surface area contributed by atoms with Crippen molar-refractivity contribution in [2.45, 2.75) is 32.2 Å². The van der Waals surface area contributed by atoms with Crippen LogP contribution in [0.25, 0.3) is 11.0 Å². The fraction of sp³-hybridized carbons (Fsp3) is 0.611. The van der Waals surface area contributed by atoms with Crippen LogP contribution in [0.1, 0.15) is 25.3 Å². The van der Waals surface area contributed by atoms with Gasteiger partial charge in [-0.3, -0.25) is 13.9 Å². The Kier molecular flexibility index (Phi) is 4.69. The second-order valence-electron chi connectivity index (χ2n) is 7.04. The number of anilines is 1. The molecule has 2 aromatic heterocycles. The molecule has 0 amide bonds. The number of piperidine rings is 1. The number of fused-ring (bicyclic) bond motifs is 1. The highest BCUT2D eigenvalue weighted by molar-refractivity contribution is 5.90. The first-order chi connectivity index (χ1) is 11.9. The summed E-state index contributed by atoms with van der Waals surface area (Å²) in [5.74, 6) is 0. The third-order valence-electron chi connectivity index (χ3n) is 5.49. The van der Waals surface area contributed by atoms with E-state index in [4.69, 9.17) is 0 Å². The van der Waals surface area contributed by atoms with Gasteiger partial charge < -0.3 is 9.80 Å². The van der Waals surface area contributed by atoms with Gasteiger partial charge >= 0.3 is 5.69 Å². The summed E-state index contributed by atoms with van der Waals surface area (Å²) >= 11 is 0. The molecule has 3 heterocycles. The minimum absolute atomic E-state index is 0.268. The second-order valence-corrected chi connectivity index (χ2v) is 7.04. The van der Waals surface area contributed by atoms with Gasteiger partial charge in [0.15, 0.2) is 5.65 Å². The first-order valence-corrected chi connectivity index (χ1v) is 8.85. The molecule has 0 aliphatic carbocycles. The zero-order chi connectivity index (χ0) is 18.3. The number of pyridine rings is 1. The molecule has 25 heavy (non-hydrogen) atoms. The van der Waals surface area contributed by atoms with Crippen LogP contribution in [0.15, 0.2) is 15.8 Å². The first-order valence-electron chi connectivity index (χ1n) is 8.85. The SMILES string of the molecule is CCc1cnc2c(c1N(C)C1CCN(C)CC1)c(=O)n(C)c(=O)n2C. The molecule has 136 valence electrons. The third-order valence-corrected chi connectivity index (χ3v) is 5.49. The molecule has 1 saturated heterocycles. The summed E-state index contributed by atoms with van der Waals surface area (Å²) < 4.78 is 2.64. The summed E-state index contributed by atoms with van der Waals surface area (Å²) in [5, 5.41) is 0.547. The Labute approximate surface area is 147 Å². The van der Waals surface area contributed by atoms with Crippen LogP contribution < -0.4 is 16.1 Å². The molecule has 0 N–H and O–H groups in total. The molecule has 1 aliphatic heterocycles. The predicted octanol–water partition coefficient (Wildman–Crippen LogP) is 0.725. The highest BCUT2D eigenvalue weighted by atomic mass is 16.2. The fourth-order valence-corrected chi connectivity index (χ4v) is 3.78. The standard InChI is InChI=1S/C18H27N5O2/c1-6-12-11-19-16-14(17(24)23(5)18(25)22(16)4)15(12)21(3)13-7-9-20(2)10-8-13/h11,13H,6-10H2,1-5H3. The number of likely N-dealkylation sites (tertiary alicyclic amines) is 1. The molecule has 0 spiro atoms. The van der Waals surface area contributed by atoms with Crippen molar-refractivity contribution in [3.8, 4) is 0 Å². The van der Waals surface area contributed by atoms with Crippen LogP contribution in [0.3, 0.4) is 0 Å². The van der Waals surface area contributed by atoms with Crippen molar-refractivity contribution >= 4 is 16.7 Å². The van der Waals surface area contributed by atoms with Gasteiger partial charge in [-0.15, -0.1) is 0 Å². The van der Waals surface area contributed by atoms with Crippen molar-refractivity contribution in [2.75, 3.05) is 32.1 Å². The Balaban J connectivity index is 2.25. The normalized spacial score (nSPS) is 16.5. The van der Waals surface area contributed by atoms with Crippen LogP contribution in [0.2, 0.25) is 0 Å². The number of rotatable bonds is 3. The van der Waals surface area contributed by atoms with E-state index in [1.165, 1.54) is 16.2 Å². The molecule has 0 aromatic carbocycles. The van der Waals surface area contributed by atoms with E-state index >= 15 is 0 Å². The predicted molar refractivity (Wildman–Crippen MR) is 101 cm³/mol. The smallest absolute Gasteiger partial charge is 0.332 e. The van der Waals surface area contributed by atoms with Gasteiger partial charge in [0.1, 0.15) is 5.39 Å². The molecule has 7 nitrogen and oxygen atoms in total. The highest BCUT2D eigenvalue weighted by Gasteiger charge is 2.26. The summed E-state index contributed by atoms with van der Waals surface area (Å²) in [6.07, 6.45) is 4.72. The average molecular weight is 345 g/mol. The van der Waals surface area contributed by atoms with Crippen LogP contribution in [0, 0.1) is 0 Å². The topological polar surface area (TPSA) is 63.4 Å². The van der Waals surface area contributed by atoms with Crippen molar-refractivity contribution in [3.63, 3.8) is 0 Å². The second kappa shape index (κ2) is 6.63. The van der Waals surface area contributed by atoms with Gasteiger partial charge in [0.25, 0.3) is 5.56 Å². The van der Waals surface area contributed by atoms with E-state index in [0.29, 0.717) is 17.1 Å². The molecule has 3 rings (SSSR count). The number of aromatic nitrogens is 3. The van der Waals surface area contributed by atoms with Crippen molar-refractivity contribution in [1.82, 2.24) is 19.0 Å². The molecular weight excluding hydrogens is 318 g/mol. The third kappa shape index (κ3) is 2.86. The van der Waals surface area contributed by atoms with E-state index in [9.17, 15) is 9.59 Å². The average Bonchev–Trinajstić information content (AvgIpc) is 2.63. The number of hydrogen-bond acceptors (Lipinski definition) is 5. The summed E-state index contributed by atoms with van der Waals surface area (Å²) in [6.45, 7) is 4.17. The van der Waals surface area contributed by atoms with Crippen LogP contribution in [-0.2, 0) is 20.5 Å². The molecule has 1 fully saturated rings. The minimum atomic E-state index is -0.345. The lowest BCUT2D eigenvalue weighted by Gasteiger charge is -2.37. The zero-order valence-corrected chi connectivity index (χ0v) is 15.7. The summed E-state index contributed by atoms with van der Waals surface area (Å²) in [5.41, 5.74) is 1.82. The zero-order valence-electron chi connectivity index (χ0n) is 15.7. The van der Waals surface area contributed by atoms with Crippen molar-refractivity contribution in [3.05, 3.63) is 32.6 Å². The maximum absolute atomic E-state index is 12.9. The van der Waals surface area contributed by atoms with Gasteiger partial charge in [0.2, 0.25) is 0 Å². The Morgan fingerprint density at radius 1 is 1.16 bits per heavy atom. The maximum atomic E-state index is 12.9. The lowest BCUT2D eigenvalue weighted by atomic mass is 10.0. The van der Waals surface area contributed by atoms with Gasteiger partial charge in [-0.05, 0) is 45.0 Å². The lowest BCUT2D eigenvalue weighted by molar-refractivity contribution is 0.253. The van der Waals surface area contributed by atoms with Crippen LogP contribution in [0.4, 0.5) is 5.69 Å². The van der Waals surface area contributed by atoms with E-state index in [-0.39, 0.29) is 11.2 Å². The van der Waals surface area contributed by atoms with E-state index in [1.807, 2.05) is 6.20 Å². The summed E-state index contributed by atoms with van der Waals surface area (Å²) in [6, 6.07) is 0.383. The lowest BCUT2D eigenvalue weighted by Crippen LogP contribution is -2.43. The fourth-order valence-electron chi connectivity index (χ4n) is 3.78.